The Kier molecular flexibility index (Phi) is 4.78. The lowest BCUT2D eigenvalue weighted by Gasteiger charge is -2.16. The normalized spacial score (nSPS) is 18.5. The Morgan fingerprint density at radius 3 is 2.73 bits per heavy atom. The number of nitrogens with zero attached hydrogens (tertiary/aromatic N) is 1. The zero-order valence-corrected chi connectivity index (χ0v) is 12.4. The molecule has 0 atom stereocenters. The smallest absolute Gasteiger partial charge is 0.335 e. The van der Waals surface area contributed by atoms with Gasteiger partial charge < -0.3 is 5.11 Å². The Balaban J connectivity index is 1.91. The molecule has 122 valence electrons. The van der Waals surface area contributed by atoms with Gasteiger partial charge in [0.15, 0.2) is 0 Å². The van der Waals surface area contributed by atoms with E-state index in [1.165, 1.54) is 12.1 Å². The van der Waals surface area contributed by atoms with Crippen molar-refractivity contribution in [1.82, 2.24) is 9.03 Å². The number of carbonyl (C=O) groups is 1. The molecule has 1 heterocycles. The number of nitrogens with one attached hydrogen (secondary N) is 1. The molecular formula is C13H16F2N2O4S. The third-order valence-electron chi connectivity index (χ3n) is 3.35. The molecule has 0 amide bonds. The molecule has 9 heteroatoms. The van der Waals surface area contributed by atoms with Gasteiger partial charge in [-0.3, -0.25) is 0 Å². The van der Waals surface area contributed by atoms with Crippen molar-refractivity contribution >= 4 is 16.2 Å². The van der Waals surface area contributed by atoms with Crippen LogP contribution in [0.25, 0.3) is 0 Å². The van der Waals surface area contributed by atoms with E-state index < -0.39 is 35.1 Å². The van der Waals surface area contributed by atoms with E-state index in [2.05, 4.69) is 4.72 Å². The third kappa shape index (κ3) is 4.21. The molecule has 1 aliphatic heterocycles. The zero-order chi connectivity index (χ0) is 16.4. The molecule has 22 heavy (non-hydrogen) atoms. The van der Waals surface area contributed by atoms with Crippen LogP contribution in [0.15, 0.2) is 24.3 Å². The van der Waals surface area contributed by atoms with Crippen LogP contribution in [0.5, 0.6) is 0 Å². The number of aromatic carboxylic acids is 1. The van der Waals surface area contributed by atoms with Crippen LogP contribution in [0.1, 0.15) is 22.3 Å². The summed E-state index contributed by atoms with van der Waals surface area (Å²) in [6.07, 6.45) is -0.209. The van der Waals surface area contributed by atoms with E-state index in [0.717, 1.165) is 4.31 Å². The lowest BCUT2D eigenvalue weighted by Crippen LogP contribution is -2.41. The molecule has 0 unspecified atom stereocenters. The Morgan fingerprint density at radius 2 is 2.14 bits per heavy atom. The first-order chi connectivity index (χ1) is 10.2. The molecule has 1 aliphatic rings. The maximum absolute atomic E-state index is 13.0. The highest BCUT2D eigenvalue weighted by atomic mass is 32.2. The van der Waals surface area contributed by atoms with Crippen molar-refractivity contribution in [2.75, 3.05) is 19.6 Å². The fourth-order valence-corrected chi connectivity index (χ4v) is 3.42. The van der Waals surface area contributed by atoms with Crippen LogP contribution in [-0.4, -0.2) is 49.4 Å². The Hall–Kier alpha value is -1.58. The molecule has 1 saturated heterocycles. The molecule has 1 aromatic carbocycles. The van der Waals surface area contributed by atoms with E-state index >= 15 is 0 Å². The number of carboxylic acids is 1. The van der Waals surface area contributed by atoms with E-state index in [0.29, 0.717) is 5.56 Å². The van der Waals surface area contributed by atoms with Gasteiger partial charge in [0.2, 0.25) is 0 Å². The van der Waals surface area contributed by atoms with Crippen LogP contribution in [0, 0.1) is 0 Å². The Morgan fingerprint density at radius 1 is 1.41 bits per heavy atom. The van der Waals surface area contributed by atoms with Crippen LogP contribution in [0.3, 0.4) is 0 Å². The molecule has 1 fully saturated rings. The van der Waals surface area contributed by atoms with E-state index in [1.54, 1.807) is 12.1 Å². The van der Waals surface area contributed by atoms with Crippen molar-refractivity contribution < 1.29 is 27.1 Å². The van der Waals surface area contributed by atoms with E-state index in [1.807, 2.05) is 0 Å². The number of hydrogen-bond donors (Lipinski definition) is 2. The van der Waals surface area contributed by atoms with Crippen LogP contribution in [0.2, 0.25) is 0 Å². The fraction of sp³-hybridized carbons (Fsp3) is 0.462. The van der Waals surface area contributed by atoms with Crippen molar-refractivity contribution in [3.63, 3.8) is 0 Å². The van der Waals surface area contributed by atoms with Crippen LogP contribution < -0.4 is 4.72 Å². The van der Waals surface area contributed by atoms with Crippen molar-refractivity contribution in [1.29, 1.82) is 0 Å². The summed E-state index contributed by atoms with van der Waals surface area (Å²) in [6, 6.07) is 6.11. The first-order valence-electron chi connectivity index (χ1n) is 6.64. The number of carboxylic acid groups (broad SMARTS) is 1. The molecule has 0 radical (unpaired) electrons. The minimum Gasteiger partial charge on any atom is -0.478 e. The molecule has 0 aliphatic carbocycles. The second-order valence-corrected chi connectivity index (χ2v) is 6.85. The van der Waals surface area contributed by atoms with Crippen LogP contribution in [-0.2, 0) is 16.6 Å². The average Bonchev–Trinajstić information content (AvgIpc) is 2.80. The number of benzene rings is 1. The van der Waals surface area contributed by atoms with Gasteiger partial charge in [0.05, 0.1) is 12.1 Å². The number of hydrogen-bond acceptors (Lipinski definition) is 3. The van der Waals surface area contributed by atoms with Gasteiger partial charge in [0.25, 0.3) is 16.1 Å². The van der Waals surface area contributed by atoms with E-state index in [9.17, 15) is 22.0 Å². The Bertz CT molecular complexity index is 664. The highest BCUT2D eigenvalue weighted by Gasteiger charge is 2.43. The summed E-state index contributed by atoms with van der Waals surface area (Å²) in [5.41, 5.74) is 0.758. The maximum Gasteiger partial charge on any atom is 0.335 e. The van der Waals surface area contributed by atoms with Gasteiger partial charge in [-0.2, -0.15) is 12.7 Å². The van der Waals surface area contributed by atoms with Crippen molar-refractivity contribution in [2.24, 2.45) is 0 Å². The standard InChI is InChI=1S/C13H16F2N2O4S/c14-13(15)5-7-17(9-13)22(20,21)16-6-4-10-2-1-3-11(8-10)12(18)19/h1-3,8,16H,4-7,9H2,(H,18,19). The zero-order valence-electron chi connectivity index (χ0n) is 11.6. The molecule has 0 aromatic heterocycles. The SMILES string of the molecule is O=C(O)c1cccc(CCNS(=O)(=O)N2CCC(F)(F)C2)c1. The molecular weight excluding hydrogens is 318 g/mol. The van der Waals surface area contributed by atoms with Gasteiger partial charge in [-0.1, -0.05) is 12.1 Å². The summed E-state index contributed by atoms with van der Waals surface area (Å²) < 4.78 is 52.8. The van der Waals surface area contributed by atoms with E-state index in [4.69, 9.17) is 5.11 Å². The maximum atomic E-state index is 13.0. The molecule has 0 bridgehead atoms. The van der Waals surface area contributed by atoms with E-state index in [-0.39, 0.29) is 25.1 Å². The predicted octanol–water partition coefficient (Wildman–Crippen LogP) is 1.10. The second kappa shape index (κ2) is 6.27. The molecule has 0 saturated carbocycles. The topological polar surface area (TPSA) is 86.7 Å². The first-order valence-corrected chi connectivity index (χ1v) is 8.08. The minimum atomic E-state index is -3.94. The summed E-state index contributed by atoms with van der Waals surface area (Å²) >= 11 is 0. The summed E-state index contributed by atoms with van der Waals surface area (Å²) in [7, 11) is -3.94. The minimum absolute atomic E-state index is 0.00742. The van der Waals surface area contributed by atoms with Crippen molar-refractivity contribution in [3.05, 3.63) is 35.4 Å². The monoisotopic (exact) mass is 334 g/mol. The lowest BCUT2D eigenvalue weighted by atomic mass is 10.1. The van der Waals surface area contributed by atoms with Gasteiger partial charge in [-0.25, -0.2) is 18.3 Å². The van der Waals surface area contributed by atoms with Crippen molar-refractivity contribution in [2.45, 2.75) is 18.8 Å². The molecule has 2 N–H and O–H groups in total. The fourth-order valence-electron chi connectivity index (χ4n) is 2.19. The van der Waals surface area contributed by atoms with Gasteiger partial charge in [0, 0.05) is 19.5 Å². The molecule has 0 spiro atoms. The largest absolute Gasteiger partial charge is 0.478 e. The lowest BCUT2D eigenvalue weighted by molar-refractivity contribution is 0.0183. The van der Waals surface area contributed by atoms with Gasteiger partial charge in [-0.05, 0) is 24.1 Å². The van der Waals surface area contributed by atoms with Crippen molar-refractivity contribution in [3.8, 4) is 0 Å². The summed E-state index contributed by atoms with van der Waals surface area (Å²) in [5, 5.41) is 8.87. The van der Waals surface area contributed by atoms with Crippen LogP contribution >= 0.6 is 0 Å². The average molecular weight is 334 g/mol. The van der Waals surface area contributed by atoms with Gasteiger partial charge >= 0.3 is 5.97 Å². The van der Waals surface area contributed by atoms with Crippen LogP contribution in [0.4, 0.5) is 8.78 Å². The quantitative estimate of drug-likeness (QED) is 0.816. The summed E-state index contributed by atoms with van der Waals surface area (Å²) in [6.45, 7) is -1.01. The third-order valence-corrected chi connectivity index (χ3v) is 4.91. The molecule has 2 rings (SSSR count). The summed E-state index contributed by atoms with van der Waals surface area (Å²) in [5.74, 6) is -4.05. The summed E-state index contributed by atoms with van der Waals surface area (Å²) in [4.78, 5) is 10.8. The number of alkyl halides is 2. The predicted molar refractivity (Wildman–Crippen MR) is 75.2 cm³/mol. The highest BCUT2D eigenvalue weighted by Crippen LogP contribution is 2.28. The number of rotatable bonds is 6. The number of halogens is 2. The second-order valence-electron chi connectivity index (χ2n) is 5.09. The Labute approximate surface area is 126 Å². The van der Waals surface area contributed by atoms with Gasteiger partial charge in [0.1, 0.15) is 0 Å². The molecule has 1 aromatic rings. The highest BCUT2D eigenvalue weighted by molar-refractivity contribution is 7.87. The molecule has 6 nitrogen and oxygen atoms in total. The first kappa shape index (κ1) is 16.8. The van der Waals surface area contributed by atoms with Gasteiger partial charge in [-0.15, -0.1) is 0 Å².